The van der Waals surface area contributed by atoms with Crippen LogP contribution in [0.2, 0.25) is 0 Å². The minimum atomic E-state index is -0.106. The van der Waals surface area contributed by atoms with Crippen LogP contribution in [-0.4, -0.2) is 0 Å². The van der Waals surface area contributed by atoms with E-state index in [9.17, 15) is 0 Å². The zero-order valence-corrected chi connectivity index (χ0v) is 38.5. The summed E-state index contributed by atoms with van der Waals surface area (Å²) in [6.45, 7) is 4.83. The zero-order chi connectivity index (χ0) is 44.7. The van der Waals surface area contributed by atoms with Gasteiger partial charge in [0, 0.05) is 22.2 Å². The second-order valence-corrected chi connectivity index (χ2v) is 19.7. The van der Waals surface area contributed by atoms with Crippen LogP contribution in [0.4, 0.5) is 34.1 Å². The van der Waals surface area contributed by atoms with Gasteiger partial charge in [0.25, 0.3) is 0 Å². The van der Waals surface area contributed by atoms with Gasteiger partial charge in [0.05, 0.1) is 22.7 Å². The Kier molecular flexibility index (Phi) is 9.29. The van der Waals surface area contributed by atoms with Crippen LogP contribution in [0.25, 0.3) is 58.7 Å². The van der Waals surface area contributed by atoms with Crippen molar-refractivity contribution in [3.05, 3.63) is 225 Å². The smallest absolute Gasteiger partial charge is 0.0534 e. The van der Waals surface area contributed by atoms with Crippen molar-refractivity contribution in [1.29, 1.82) is 0 Å². The van der Waals surface area contributed by atoms with E-state index < -0.39 is 0 Å². The third-order valence-corrected chi connectivity index (χ3v) is 16.0. The van der Waals surface area contributed by atoms with Gasteiger partial charge in [-0.3, -0.25) is 0 Å². The molecular formula is C65H54N2. The first-order chi connectivity index (χ1) is 33.0. The quantitative estimate of drug-likeness (QED) is 0.147. The van der Waals surface area contributed by atoms with Crippen molar-refractivity contribution >= 4 is 70.6 Å². The normalized spacial score (nSPS) is 17.6. The maximum absolute atomic E-state index is 2.54. The summed E-state index contributed by atoms with van der Waals surface area (Å²) in [5.74, 6) is 0. The van der Waals surface area contributed by atoms with Gasteiger partial charge in [-0.15, -0.1) is 0 Å². The van der Waals surface area contributed by atoms with Gasteiger partial charge in [-0.2, -0.15) is 0 Å². The van der Waals surface area contributed by atoms with Gasteiger partial charge < -0.3 is 9.80 Å². The van der Waals surface area contributed by atoms with E-state index in [-0.39, 0.29) is 10.8 Å². The number of hydrogen-bond acceptors (Lipinski definition) is 2. The standard InChI is InChI=1S/C65H54N2/c1-3-4-37-64(2)56-40-44(25-33-52(56)53-35-31-50(42-57(53)64)66-60-19-9-5-15-46(60)27-28-47-16-6-10-20-61(47)66)23-24-45-26-34-54-55-36-32-51(43-59(55)65(58(54)41-45)38-13-14-39-65)67-62-21-11-7-17-48(62)29-30-49-18-8-12-22-63(49)67/h5-12,15-36,40-43H,3-4,13-14,37-39H2,1-2H3/b24-23+. The fourth-order valence-corrected chi connectivity index (χ4v) is 12.6. The fourth-order valence-electron chi connectivity index (χ4n) is 12.6. The molecule has 8 aromatic rings. The summed E-state index contributed by atoms with van der Waals surface area (Å²) in [7, 11) is 0. The molecule has 2 heteroatoms. The molecule has 324 valence electrons. The number of anilines is 6. The zero-order valence-electron chi connectivity index (χ0n) is 38.5. The van der Waals surface area contributed by atoms with Crippen LogP contribution in [0.3, 0.4) is 0 Å². The number of fused-ring (bicyclic) bond motifs is 12. The van der Waals surface area contributed by atoms with E-state index in [0.29, 0.717) is 0 Å². The highest BCUT2D eigenvalue weighted by Crippen LogP contribution is 2.59. The number of hydrogen-bond donors (Lipinski definition) is 0. The molecule has 1 saturated carbocycles. The first kappa shape index (κ1) is 39.9. The molecule has 1 spiro atoms. The topological polar surface area (TPSA) is 6.48 Å². The second kappa shape index (κ2) is 15.6. The second-order valence-electron chi connectivity index (χ2n) is 19.7. The van der Waals surface area contributed by atoms with Crippen LogP contribution in [0.5, 0.6) is 0 Å². The Morgan fingerprint density at radius 2 is 0.806 bits per heavy atom. The Balaban J connectivity index is 0.845. The van der Waals surface area contributed by atoms with Crippen molar-refractivity contribution in [2.24, 2.45) is 0 Å². The summed E-state index contributed by atoms with van der Waals surface area (Å²) < 4.78 is 0. The molecule has 1 unspecified atom stereocenters. The number of unbranched alkanes of at least 4 members (excludes halogenated alkanes) is 1. The highest BCUT2D eigenvalue weighted by Gasteiger charge is 2.46. The van der Waals surface area contributed by atoms with Gasteiger partial charge in [0.2, 0.25) is 0 Å². The van der Waals surface area contributed by atoms with Gasteiger partial charge in [-0.05, 0) is 146 Å². The first-order valence-electron chi connectivity index (χ1n) is 24.6. The molecule has 2 nitrogen and oxygen atoms in total. The molecule has 2 heterocycles. The number of rotatable bonds is 7. The largest absolute Gasteiger partial charge is 0.309 e. The maximum Gasteiger partial charge on any atom is 0.0534 e. The molecule has 0 bridgehead atoms. The predicted molar refractivity (Wildman–Crippen MR) is 285 cm³/mol. The van der Waals surface area contributed by atoms with E-state index in [0.717, 1.165) is 6.42 Å². The lowest BCUT2D eigenvalue weighted by molar-refractivity contribution is 0.504. The van der Waals surface area contributed by atoms with Crippen molar-refractivity contribution in [3.8, 4) is 22.3 Å². The van der Waals surface area contributed by atoms with E-state index in [2.05, 4.69) is 230 Å². The average Bonchev–Trinajstić information content (AvgIpc) is 3.95. The molecule has 0 amide bonds. The van der Waals surface area contributed by atoms with Crippen molar-refractivity contribution in [2.45, 2.75) is 69.6 Å². The summed E-state index contributed by atoms with van der Waals surface area (Å²) in [5.41, 5.74) is 26.1. The number of para-hydroxylation sites is 4. The molecule has 2 aliphatic heterocycles. The van der Waals surface area contributed by atoms with E-state index in [4.69, 9.17) is 0 Å². The van der Waals surface area contributed by atoms with E-state index >= 15 is 0 Å². The third-order valence-electron chi connectivity index (χ3n) is 16.0. The van der Waals surface area contributed by atoms with Gasteiger partial charge in [-0.1, -0.05) is 197 Å². The Hall–Kier alpha value is -7.42. The molecule has 0 N–H and O–H groups in total. The highest BCUT2D eigenvalue weighted by atomic mass is 15.2. The summed E-state index contributed by atoms with van der Waals surface area (Å²) >= 11 is 0. The van der Waals surface area contributed by atoms with Gasteiger partial charge in [0.15, 0.2) is 0 Å². The van der Waals surface area contributed by atoms with E-state index in [1.54, 1.807) is 0 Å². The van der Waals surface area contributed by atoms with E-state index in [1.165, 1.54) is 151 Å². The van der Waals surface area contributed by atoms with Crippen molar-refractivity contribution in [2.75, 3.05) is 9.80 Å². The average molecular weight is 863 g/mol. The summed E-state index contributed by atoms with van der Waals surface area (Å²) in [6, 6.07) is 64.3. The predicted octanol–water partition coefficient (Wildman–Crippen LogP) is 18.1. The maximum atomic E-state index is 2.54. The summed E-state index contributed by atoms with van der Waals surface area (Å²) in [6.07, 6.45) is 22.1. The molecule has 0 aromatic heterocycles. The minimum Gasteiger partial charge on any atom is -0.309 e. The Morgan fingerprint density at radius 1 is 0.433 bits per heavy atom. The van der Waals surface area contributed by atoms with Crippen LogP contribution in [-0.2, 0) is 10.8 Å². The molecule has 5 aliphatic rings. The molecule has 0 radical (unpaired) electrons. The summed E-state index contributed by atoms with van der Waals surface area (Å²) in [4.78, 5) is 4.95. The SMILES string of the molecule is CCCCC1(C)c2cc(/C=C/c3ccc4c(c3)C3(CCCC3)c3cc(N5c6ccccc6C=Cc6ccccc65)ccc3-4)ccc2-c2ccc(N3c4ccccc4C=Cc4ccccc43)cc21. The molecular weight excluding hydrogens is 809 g/mol. The minimum absolute atomic E-state index is 0.0287. The van der Waals surface area contributed by atoms with Crippen molar-refractivity contribution in [3.63, 3.8) is 0 Å². The van der Waals surface area contributed by atoms with Crippen LogP contribution in [0.15, 0.2) is 170 Å². The molecule has 3 aliphatic carbocycles. The molecule has 0 saturated heterocycles. The molecule has 13 rings (SSSR count). The fraction of sp³-hybridized carbons (Fsp3) is 0.169. The van der Waals surface area contributed by atoms with Crippen LogP contribution >= 0.6 is 0 Å². The van der Waals surface area contributed by atoms with Crippen molar-refractivity contribution in [1.82, 2.24) is 0 Å². The van der Waals surface area contributed by atoms with Crippen LogP contribution in [0.1, 0.15) is 114 Å². The van der Waals surface area contributed by atoms with Crippen molar-refractivity contribution < 1.29 is 0 Å². The van der Waals surface area contributed by atoms with Gasteiger partial charge in [-0.25, -0.2) is 0 Å². The van der Waals surface area contributed by atoms with Crippen LogP contribution < -0.4 is 9.80 Å². The van der Waals surface area contributed by atoms with Crippen LogP contribution in [0, 0.1) is 0 Å². The first-order valence-corrected chi connectivity index (χ1v) is 24.6. The lowest BCUT2D eigenvalue weighted by Crippen LogP contribution is -2.21. The highest BCUT2D eigenvalue weighted by molar-refractivity contribution is 5.96. The Morgan fingerprint density at radius 3 is 1.27 bits per heavy atom. The number of benzene rings is 8. The summed E-state index contributed by atoms with van der Waals surface area (Å²) in [5, 5.41) is 0. The molecule has 1 atom stereocenters. The number of nitrogens with zero attached hydrogens (tertiary/aromatic N) is 2. The monoisotopic (exact) mass is 862 g/mol. The Labute approximate surface area is 395 Å². The third kappa shape index (κ3) is 6.22. The molecule has 8 aromatic carbocycles. The van der Waals surface area contributed by atoms with E-state index in [1.807, 2.05) is 0 Å². The lowest BCUT2D eigenvalue weighted by atomic mass is 9.75. The molecule has 1 fully saturated rings. The molecule has 67 heavy (non-hydrogen) atoms. The lowest BCUT2D eigenvalue weighted by Gasteiger charge is -2.31. The Bertz CT molecular complexity index is 3290. The van der Waals surface area contributed by atoms with Gasteiger partial charge >= 0.3 is 0 Å². The van der Waals surface area contributed by atoms with Gasteiger partial charge in [0.1, 0.15) is 0 Å².